The first-order valence-corrected chi connectivity index (χ1v) is 5.34. The molecule has 4 heteroatoms. The van der Waals surface area contributed by atoms with Crippen molar-refractivity contribution in [3.63, 3.8) is 0 Å². The molecule has 3 aromatic rings. The molecule has 3 rings (SSSR count). The molecule has 0 fully saturated rings. The SMILES string of the molecule is Cc1n[nH]c(-c2ccoc2)c1-c1ccncc1. The van der Waals surface area contributed by atoms with Crippen LogP contribution in [0.1, 0.15) is 5.69 Å². The number of aryl methyl sites for hydroxylation is 1. The standard InChI is InChI=1S/C13H11N3O/c1-9-12(10-2-5-14-6-3-10)13(16-15-9)11-4-7-17-8-11/h2-8H,1H3,(H,15,16). The van der Waals surface area contributed by atoms with Gasteiger partial charge in [-0.2, -0.15) is 5.10 Å². The van der Waals surface area contributed by atoms with E-state index >= 15 is 0 Å². The molecule has 0 saturated heterocycles. The Balaban J connectivity index is 2.20. The average molecular weight is 225 g/mol. The van der Waals surface area contributed by atoms with E-state index in [1.54, 1.807) is 24.9 Å². The van der Waals surface area contributed by atoms with Crippen LogP contribution in [-0.2, 0) is 0 Å². The monoisotopic (exact) mass is 225 g/mol. The number of hydrogen-bond donors (Lipinski definition) is 1. The molecular weight excluding hydrogens is 214 g/mol. The van der Waals surface area contributed by atoms with E-state index in [9.17, 15) is 0 Å². The summed E-state index contributed by atoms with van der Waals surface area (Å²) in [5.41, 5.74) is 5.13. The Bertz CT molecular complexity index is 611. The molecule has 0 saturated carbocycles. The van der Waals surface area contributed by atoms with Gasteiger partial charge in [0.25, 0.3) is 0 Å². The number of H-pyrrole nitrogens is 1. The van der Waals surface area contributed by atoms with Gasteiger partial charge in [0.1, 0.15) is 0 Å². The van der Waals surface area contributed by atoms with Crippen molar-refractivity contribution in [2.75, 3.05) is 0 Å². The minimum absolute atomic E-state index is 0.965. The van der Waals surface area contributed by atoms with Crippen molar-refractivity contribution in [2.45, 2.75) is 6.92 Å². The van der Waals surface area contributed by atoms with Gasteiger partial charge in [-0.15, -0.1) is 0 Å². The summed E-state index contributed by atoms with van der Waals surface area (Å²) in [6, 6.07) is 5.86. The molecule has 0 unspecified atom stereocenters. The Morgan fingerprint density at radius 2 is 1.94 bits per heavy atom. The lowest BCUT2D eigenvalue weighted by molar-refractivity contribution is 0.568. The van der Waals surface area contributed by atoms with Gasteiger partial charge < -0.3 is 4.42 Å². The third-order valence-electron chi connectivity index (χ3n) is 2.73. The lowest BCUT2D eigenvalue weighted by Crippen LogP contribution is -1.82. The lowest BCUT2D eigenvalue weighted by Gasteiger charge is -2.02. The second kappa shape index (κ2) is 3.90. The second-order valence-electron chi connectivity index (χ2n) is 3.81. The first kappa shape index (κ1) is 9.84. The molecule has 84 valence electrons. The molecule has 0 amide bonds. The molecule has 17 heavy (non-hydrogen) atoms. The number of furan rings is 1. The predicted octanol–water partition coefficient (Wildman–Crippen LogP) is 3.04. The molecule has 1 N–H and O–H groups in total. The molecule has 0 aliphatic heterocycles. The fraction of sp³-hybridized carbons (Fsp3) is 0.0769. The van der Waals surface area contributed by atoms with Crippen molar-refractivity contribution in [3.05, 3.63) is 48.8 Å². The van der Waals surface area contributed by atoms with Crippen LogP contribution >= 0.6 is 0 Å². The molecule has 0 aliphatic rings. The summed E-state index contributed by atoms with van der Waals surface area (Å²) in [5.74, 6) is 0. The zero-order valence-corrected chi connectivity index (χ0v) is 9.34. The van der Waals surface area contributed by atoms with Crippen molar-refractivity contribution < 1.29 is 4.42 Å². The van der Waals surface area contributed by atoms with Gasteiger partial charge in [0.05, 0.1) is 23.9 Å². The number of rotatable bonds is 2. The van der Waals surface area contributed by atoms with E-state index < -0.39 is 0 Å². The van der Waals surface area contributed by atoms with Crippen molar-refractivity contribution in [1.82, 2.24) is 15.2 Å². The highest BCUT2D eigenvalue weighted by molar-refractivity contribution is 5.81. The minimum Gasteiger partial charge on any atom is -0.472 e. The van der Waals surface area contributed by atoms with Crippen molar-refractivity contribution in [1.29, 1.82) is 0 Å². The Labute approximate surface area is 98.3 Å². The van der Waals surface area contributed by atoms with E-state index in [0.29, 0.717) is 0 Å². The van der Waals surface area contributed by atoms with Crippen LogP contribution < -0.4 is 0 Å². The smallest absolute Gasteiger partial charge is 0.0996 e. The lowest BCUT2D eigenvalue weighted by atomic mass is 10.0. The summed E-state index contributed by atoms with van der Waals surface area (Å²) in [5, 5.41) is 7.31. The highest BCUT2D eigenvalue weighted by atomic mass is 16.3. The van der Waals surface area contributed by atoms with Crippen LogP contribution in [-0.4, -0.2) is 15.2 Å². The summed E-state index contributed by atoms with van der Waals surface area (Å²) in [6.07, 6.45) is 6.92. The highest BCUT2D eigenvalue weighted by Crippen LogP contribution is 2.32. The molecule has 0 aromatic carbocycles. The summed E-state index contributed by atoms with van der Waals surface area (Å²) < 4.78 is 5.11. The van der Waals surface area contributed by atoms with E-state index in [0.717, 1.165) is 28.1 Å². The van der Waals surface area contributed by atoms with Crippen LogP contribution in [0, 0.1) is 6.92 Å². The van der Waals surface area contributed by atoms with Gasteiger partial charge in [-0.1, -0.05) is 0 Å². The first-order chi connectivity index (χ1) is 8.36. The number of pyridine rings is 1. The van der Waals surface area contributed by atoms with Gasteiger partial charge in [0, 0.05) is 23.5 Å². The van der Waals surface area contributed by atoms with E-state index in [2.05, 4.69) is 15.2 Å². The zero-order valence-electron chi connectivity index (χ0n) is 9.34. The molecule has 3 aromatic heterocycles. The molecule has 0 radical (unpaired) electrons. The van der Waals surface area contributed by atoms with Gasteiger partial charge in [-0.05, 0) is 30.7 Å². The van der Waals surface area contributed by atoms with Crippen LogP contribution in [0.15, 0.2) is 47.5 Å². The number of nitrogens with zero attached hydrogens (tertiary/aromatic N) is 2. The van der Waals surface area contributed by atoms with Crippen LogP contribution in [0.5, 0.6) is 0 Å². The largest absolute Gasteiger partial charge is 0.472 e. The van der Waals surface area contributed by atoms with E-state index in [1.807, 2.05) is 25.1 Å². The third kappa shape index (κ3) is 1.63. The molecule has 0 spiro atoms. The highest BCUT2D eigenvalue weighted by Gasteiger charge is 2.14. The summed E-state index contributed by atoms with van der Waals surface area (Å²) in [4.78, 5) is 4.03. The van der Waals surface area contributed by atoms with Gasteiger partial charge in [-0.25, -0.2) is 0 Å². The number of nitrogens with one attached hydrogen (secondary N) is 1. The molecule has 4 nitrogen and oxygen atoms in total. The van der Waals surface area contributed by atoms with E-state index in [4.69, 9.17) is 4.42 Å². The van der Waals surface area contributed by atoms with Crippen LogP contribution in [0.3, 0.4) is 0 Å². The van der Waals surface area contributed by atoms with Gasteiger partial charge in [0.15, 0.2) is 0 Å². The Morgan fingerprint density at radius 3 is 2.65 bits per heavy atom. The van der Waals surface area contributed by atoms with Crippen LogP contribution in [0.2, 0.25) is 0 Å². The first-order valence-electron chi connectivity index (χ1n) is 5.34. The summed E-state index contributed by atoms with van der Waals surface area (Å²) >= 11 is 0. The van der Waals surface area contributed by atoms with Gasteiger partial charge >= 0.3 is 0 Å². The fourth-order valence-corrected chi connectivity index (χ4v) is 1.92. The zero-order chi connectivity index (χ0) is 11.7. The predicted molar refractivity (Wildman–Crippen MR) is 64.3 cm³/mol. The number of hydrogen-bond acceptors (Lipinski definition) is 3. The maximum atomic E-state index is 5.11. The van der Waals surface area contributed by atoms with Crippen LogP contribution in [0.25, 0.3) is 22.4 Å². The second-order valence-corrected chi connectivity index (χ2v) is 3.81. The summed E-state index contributed by atoms with van der Waals surface area (Å²) in [6.45, 7) is 1.98. The minimum atomic E-state index is 0.965. The molecule has 0 bridgehead atoms. The Hall–Kier alpha value is -2.36. The molecular formula is C13H11N3O. The number of aromatic nitrogens is 3. The van der Waals surface area contributed by atoms with E-state index in [1.165, 1.54) is 0 Å². The van der Waals surface area contributed by atoms with E-state index in [-0.39, 0.29) is 0 Å². The van der Waals surface area contributed by atoms with Crippen LogP contribution in [0.4, 0.5) is 0 Å². The maximum Gasteiger partial charge on any atom is 0.0996 e. The average Bonchev–Trinajstić information content (AvgIpc) is 2.98. The molecule has 0 aliphatic carbocycles. The van der Waals surface area contributed by atoms with Crippen molar-refractivity contribution in [3.8, 4) is 22.4 Å². The Morgan fingerprint density at radius 1 is 1.12 bits per heavy atom. The van der Waals surface area contributed by atoms with Gasteiger partial charge in [0.2, 0.25) is 0 Å². The molecule has 0 atom stereocenters. The normalized spacial score (nSPS) is 10.6. The third-order valence-corrected chi connectivity index (χ3v) is 2.73. The fourth-order valence-electron chi connectivity index (χ4n) is 1.92. The number of aromatic amines is 1. The topological polar surface area (TPSA) is 54.7 Å². The summed E-state index contributed by atoms with van der Waals surface area (Å²) in [7, 11) is 0. The van der Waals surface area contributed by atoms with Gasteiger partial charge in [-0.3, -0.25) is 10.1 Å². The molecule has 3 heterocycles. The maximum absolute atomic E-state index is 5.11. The Kier molecular flexibility index (Phi) is 2.26. The van der Waals surface area contributed by atoms with Crippen molar-refractivity contribution >= 4 is 0 Å². The quantitative estimate of drug-likeness (QED) is 0.729. The van der Waals surface area contributed by atoms with Crippen molar-refractivity contribution in [2.24, 2.45) is 0 Å².